The molecule has 88 valence electrons. The minimum absolute atomic E-state index is 0.978. The van der Waals surface area contributed by atoms with E-state index in [-0.39, 0.29) is 0 Å². The van der Waals surface area contributed by atoms with Crippen molar-refractivity contribution in [1.29, 1.82) is 0 Å². The zero-order chi connectivity index (χ0) is 11.5. The van der Waals surface area contributed by atoms with Gasteiger partial charge in [-0.3, -0.25) is 4.98 Å². The van der Waals surface area contributed by atoms with Gasteiger partial charge in [-0.1, -0.05) is 25.0 Å². The molecule has 0 bridgehead atoms. The van der Waals surface area contributed by atoms with Crippen LogP contribution in [0.5, 0.6) is 0 Å². The second kappa shape index (κ2) is 4.70. The quantitative estimate of drug-likeness (QED) is 0.750. The highest BCUT2D eigenvalue weighted by Gasteiger charge is 2.11. The number of anilines is 1. The topological polar surface area (TPSA) is 29.0 Å². The maximum absolute atomic E-state index is 4.70. The third-order valence-corrected chi connectivity index (χ3v) is 3.37. The number of hydrogen-bond donors (Lipinski definition) is 0. The van der Waals surface area contributed by atoms with Gasteiger partial charge in [0.25, 0.3) is 0 Å². The fourth-order valence-corrected chi connectivity index (χ4v) is 2.40. The predicted molar refractivity (Wildman–Crippen MR) is 70.2 cm³/mol. The Labute approximate surface area is 101 Å². The molecule has 0 aliphatic carbocycles. The van der Waals surface area contributed by atoms with Gasteiger partial charge in [0.2, 0.25) is 0 Å². The maximum atomic E-state index is 4.70. The van der Waals surface area contributed by atoms with E-state index in [1.54, 1.807) is 0 Å². The van der Waals surface area contributed by atoms with Crippen LogP contribution in [-0.4, -0.2) is 23.1 Å². The van der Waals surface area contributed by atoms with Crippen molar-refractivity contribution >= 4 is 16.9 Å². The van der Waals surface area contributed by atoms with Crippen molar-refractivity contribution in [3.63, 3.8) is 0 Å². The van der Waals surface area contributed by atoms with Crippen LogP contribution in [-0.2, 0) is 0 Å². The third kappa shape index (κ3) is 2.23. The highest BCUT2D eigenvalue weighted by atomic mass is 15.2. The fraction of sp³-hybridized carbons (Fsp3) is 0.429. The van der Waals surface area contributed by atoms with Crippen LogP contribution < -0.4 is 4.90 Å². The fourth-order valence-electron chi connectivity index (χ4n) is 2.40. The molecule has 0 saturated carbocycles. The standard InChI is InChI=1S/C14H17N3/c1-2-6-10-17(9-5-1)14-11-15-12-7-3-4-8-13(12)16-14/h3-4,7-8,11H,1-2,5-6,9-10H2. The molecule has 1 aromatic carbocycles. The number of fused-ring (bicyclic) bond motifs is 1. The molecule has 0 N–H and O–H groups in total. The summed E-state index contributed by atoms with van der Waals surface area (Å²) in [5.74, 6) is 1.03. The van der Waals surface area contributed by atoms with Crippen molar-refractivity contribution in [3.05, 3.63) is 30.5 Å². The molecule has 1 aliphatic heterocycles. The van der Waals surface area contributed by atoms with Gasteiger partial charge in [-0.2, -0.15) is 0 Å². The van der Waals surface area contributed by atoms with Crippen LogP contribution in [0, 0.1) is 0 Å². The van der Waals surface area contributed by atoms with Gasteiger partial charge >= 0.3 is 0 Å². The first-order chi connectivity index (χ1) is 8.43. The van der Waals surface area contributed by atoms with Crippen LogP contribution in [0.4, 0.5) is 5.82 Å². The van der Waals surface area contributed by atoms with Crippen molar-refractivity contribution in [3.8, 4) is 0 Å². The molecule has 2 aromatic rings. The Morgan fingerprint density at radius 1 is 0.882 bits per heavy atom. The highest BCUT2D eigenvalue weighted by Crippen LogP contribution is 2.19. The normalized spacial score (nSPS) is 17.1. The number of rotatable bonds is 1. The minimum atomic E-state index is 0.978. The van der Waals surface area contributed by atoms with Crippen molar-refractivity contribution in [2.24, 2.45) is 0 Å². The van der Waals surface area contributed by atoms with E-state index in [1.165, 1.54) is 25.7 Å². The smallest absolute Gasteiger partial charge is 0.147 e. The van der Waals surface area contributed by atoms with Gasteiger partial charge in [0, 0.05) is 13.1 Å². The summed E-state index contributed by atoms with van der Waals surface area (Å²) in [6.07, 6.45) is 7.14. The van der Waals surface area contributed by atoms with E-state index in [1.807, 2.05) is 30.5 Å². The van der Waals surface area contributed by atoms with E-state index in [0.717, 1.165) is 29.9 Å². The molecule has 0 unspecified atom stereocenters. The van der Waals surface area contributed by atoms with Gasteiger partial charge in [-0.05, 0) is 25.0 Å². The lowest BCUT2D eigenvalue weighted by Crippen LogP contribution is -2.24. The van der Waals surface area contributed by atoms with Crippen LogP contribution in [0.2, 0.25) is 0 Å². The van der Waals surface area contributed by atoms with Gasteiger partial charge < -0.3 is 4.90 Å². The number of benzene rings is 1. The van der Waals surface area contributed by atoms with Crippen LogP contribution in [0.3, 0.4) is 0 Å². The van der Waals surface area contributed by atoms with Crippen molar-refractivity contribution in [1.82, 2.24) is 9.97 Å². The Morgan fingerprint density at radius 2 is 1.59 bits per heavy atom. The number of para-hydroxylation sites is 2. The van der Waals surface area contributed by atoms with Gasteiger partial charge in [-0.25, -0.2) is 4.98 Å². The molecule has 0 amide bonds. The molecule has 0 radical (unpaired) electrons. The van der Waals surface area contributed by atoms with Gasteiger partial charge in [0.15, 0.2) is 0 Å². The molecule has 0 spiro atoms. The first-order valence-electron chi connectivity index (χ1n) is 6.40. The van der Waals surface area contributed by atoms with Crippen molar-refractivity contribution in [2.75, 3.05) is 18.0 Å². The summed E-state index contributed by atoms with van der Waals surface area (Å²) in [5.41, 5.74) is 1.97. The average Bonchev–Trinajstić information content (AvgIpc) is 2.67. The average molecular weight is 227 g/mol. The summed E-state index contributed by atoms with van der Waals surface area (Å²) in [7, 11) is 0. The lowest BCUT2D eigenvalue weighted by atomic mass is 10.2. The Hall–Kier alpha value is -1.64. The molecular formula is C14H17N3. The molecule has 1 aliphatic rings. The largest absolute Gasteiger partial charge is 0.355 e. The van der Waals surface area contributed by atoms with E-state index < -0.39 is 0 Å². The molecule has 0 atom stereocenters. The van der Waals surface area contributed by atoms with Gasteiger partial charge in [0.1, 0.15) is 5.82 Å². The Kier molecular flexibility index (Phi) is 2.90. The molecule has 1 aromatic heterocycles. The molecule has 3 nitrogen and oxygen atoms in total. The first kappa shape index (κ1) is 10.5. The minimum Gasteiger partial charge on any atom is -0.355 e. The zero-order valence-corrected chi connectivity index (χ0v) is 9.97. The second-order valence-electron chi connectivity index (χ2n) is 4.62. The number of aromatic nitrogens is 2. The summed E-state index contributed by atoms with van der Waals surface area (Å²) in [4.78, 5) is 11.6. The van der Waals surface area contributed by atoms with Gasteiger partial charge in [0.05, 0.1) is 17.2 Å². The highest BCUT2D eigenvalue weighted by molar-refractivity contribution is 5.75. The Bertz CT molecular complexity index is 502. The van der Waals surface area contributed by atoms with E-state index >= 15 is 0 Å². The van der Waals surface area contributed by atoms with E-state index in [0.29, 0.717) is 0 Å². The Morgan fingerprint density at radius 3 is 2.35 bits per heavy atom. The van der Waals surface area contributed by atoms with Crippen LogP contribution in [0.1, 0.15) is 25.7 Å². The van der Waals surface area contributed by atoms with Crippen LogP contribution in [0.25, 0.3) is 11.0 Å². The lowest BCUT2D eigenvalue weighted by Gasteiger charge is -2.21. The van der Waals surface area contributed by atoms with Crippen molar-refractivity contribution < 1.29 is 0 Å². The molecular weight excluding hydrogens is 210 g/mol. The maximum Gasteiger partial charge on any atom is 0.147 e. The summed E-state index contributed by atoms with van der Waals surface area (Å²) in [6.45, 7) is 2.24. The second-order valence-corrected chi connectivity index (χ2v) is 4.62. The summed E-state index contributed by atoms with van der Waals surface area (Å²) in [5, 5.41) is 0. The first-order valence-corrected chi connectivity index (χ1v) is 6.40. The molecule has 2 heterocycles. The Balaban J connectivity index is 1.93. The summed E-state index contributed by atoms with van der Waals surface area (Å²) in [6, 6.07) is 8.06. The van der Waals surface area contributed by atoms with Crippen LogP contribution in [0.15, 0.2) is 30.5 Å². The van der Waals surface area contributed by atoms with Crippen molar-refractivity contribution in [2.45, 2.75) is 25.7 Å². The molecule has 1 fully saturated rings. The molecule has 3 heteroatoms. The van der Waals surface area contributed by atoms with E-state index in [4.69, 9.17) is 4.98 Å². The third-order valence-electron chi connectivity index (χ3n) is 3.37. The molecule has 17 heavy (non-hydrogen) atoms. The monoisotopic (exact) mass is 227 g/mol. The van der Waals surface area contributed by atoms with E-state index in [2.05, 4.69) is 9.88 Å². The predicted octanol–water partition coefficient (Wildman–Crippen LogP) is 3.01. The number of hydrogen-bond acceptors (Lipinski definition) is 3. The molecule has 3 rings (SSSR count). The van der Waals surface area contributed by atoms with E-state index in [9.17, 15) is 0 Å². The SMILES string of the molecule is c1ccc2nc(N3CCCCCC3)cnc2c1. The lowest BCUT2D eigenvalue weighted by molar-refractivity contribution is 0.726. The van der Waals surface area contributed by atoms with Gasteiger partial charge in [-0.15, -0.1) is 0 Å². The number of nitrogens with zero attached hydrogens (tertiary/aromatic N) is 3. The summed E-state index contributed by atoms with van der Waals surface area (Å²) < 4.78 is 0. The molecule has 1 saturated heterocycles. The van der Waals surface area contributed by atoms with Crippen LogP contribution >= 0.6 is 0 Å². The summed E-state index contributed by atoms with van der Waals surface area (Å²) >= 11 is 0. The zero-order valence-electron chi connectivity index (χ0n) is 9.97.